The molecule has 0 aliphatic rings. The zero-order chi connectivity index (χ0) is 14.4. The minimum atomic E-state index is -0.141. The largest absolute Gasteiger partial charge is 0.352 e. The maximum Gasteiger partial charge on any atom is 0.244 e. The molecule has 0 aliphatic heterocycles. The molecule has 1 aromatic heterocycles. The molecule has 0 bridgehead atoms. The molecule has 0 atom stereocenters. The first kappa shape index (κ1) is 15.1. The quantitative estimate of drug-likeness (QED) is 0.809. The standard InChI is InChI=1S/C15H13Cl2NOS/c16-13-5-1-3-11(15(13)17)6-7-14(19)18-9-8-12-4-2-10-20-12/h1-7,10H,8-9H2,(H,18,19)/b7-6+. The third kappa shape index (κ3) is 4.37. The first-order valence-corrected chi connectivity index (χ1v) is 7.72. The van der Waals surface area contributed by atoms with E-state index in [0.717, 1.165) is 12.0 Å². The number of amides is 1. The molecule has 2 aromatic rings. The van der Waals surface area contributed by atoms with Crippen LogP contribution in [-0.4, -0.2) is 12.5 Å². The lowest BCUT2D eigenvalue weighted by molar-refractivity contribution is -0.116. The van der Waals surface area contributed by atoms with Crippen molar-refractivity contribution in [2.45, 2.75) is 6.42 Å². The first-order chi connectivity index (χ1) is 9.66. The summed E-state index contributed by atoms with van der Waals surface area (Å²) in [6.07, 6.45) is 3.97. The Morgan fingerprint density at radius 2 is 2.10 bits per heavy atom. The lowest BCUT2D eigenvalue weighted by atomic mass is 10.2. The van der Waals surface area contributed by atoms with Crippen LogP contribution in [0, 0.1) is 0 Å². The van der Waals surface area contributed by atoms with E-state index in [1.165, 1.54) is 11.0 Å². The lowest BCUT2D eigenvalue weighted by Crippen LogP contribution is -2.23. The van der Waals surface area contributed by atoms with Gasteiger partial charge in [-0.05, 0) is 35.6 Å². The van der Waals surface area contributed by atoms with Crippen LogP contribution in [-0.2, 0) is 11.2 Å². The molecule has 0 unspecified atom stereocenters. The van der Waals surface area contributed by atoms with E-state index in [4.69, 9.17) is 23.2 Å². The van der Waals surface area contributed by atoms with Gasteiger partial charge in [0.05, 0.1) is 10.0 Å². The summed E-state index contributed by atoms with van der Waals surface area (Å²) in [6, 6.07) is 9.37. The normalized spacial score (nSPS) is 10.9. The van der Waals surface area contributed by atoms with Gasteiger partial charge in [-0.25, -0.2) is 0 Å². The second-order valence-corrected chi connectivity index (χ2v) is 5.91. The van der Waals surface area contributed by atoms with Crippen molar-refractivity contribution < 1.29 is 4.79 Å². The molecule has 1 aromatic carbocycles. The van der Waals surface area contributed by atoms with Gasteiger partial charge in [0.2, 0.25) is 5.91 Å². The number of carbonyl (C=O) groups is 1. The number of halogens is 2. The maximum absolute atomic E-state index is 11.7. The smallest absolute Gasteiger partial charge is 0.244 e. The average Bonchev–Trinajstić information content (AvgIpc) is 2.94. The predicted molar refractivity (Wildman–Crippen MR) is 86.5 cm³/mol. The van der Waals surface area contributed by atoms with E-state index >= 15 is 0 Å². The highest BCUT2D eigenvalue weighted by Gasteiger charge is 2.02. The zero-order valence-electron chi connectivity index (χ0n) is 10.6. The fourth-order valence-electron chi connectivity index (χ4n) is 1.64. The third-order valence-electron chi connectivity index (χ3n) is 2.65. The van der Waals surface area contributed by atoms with Gasteiger partial charge in [0.1, 0.15) is 0 Å². The molecule has 1 heterocycles. The van der Waals surface area contributed by atoms with Gasteiger partial charge in [0.25, 0.3) is 0 Å². The number of rotatable bonds is 5. The summed E-state index contributed by atoms with van der Waals surface area (Å²) < 4.78 is 0. The predicted octanol–water partition coefficient (Wildman–Crippen LogP) is 4.43. The number of hydrogen-bond donors (Lipinski definition) is 1. The summed E-state index contributed by atoms with van der Waals surface area (Å²) in [6.45, 7) is 0.618. The molecule has 5 heteroatoms. The Bertz CT molecular complexity index is 608. The van der Waals surface area contributed by atoms with E-state index < -0.39 is 0 Å². The van der Waals surface area contributed by atoms with E-state index in [2.05, 4.69) is 11.4 Å². The van der Waals surface area contributed by atoms with Gasteiger partial charge in [0, 0.05) is 17.5 Å². The summed E-state index contributed by atoms with van der Waals surface area (Å²) in [7, 11) is 0. The Labute approximate surface area is 132 Å². The monoisotopic (exact) mass is 325 g/mol. The summed E-state index contributed by atoms with van der Waals surface area (Å²) in [5.41, 5.74) is 0.729. The van der Waals surface area contributed by atoms with Crippen LogP contribution in [0.25, 0.3) is 6.08 Å². The zero-order valence-corrected chi connectivity index (χ0v) is 12.9. The number of nitrogens with one attached hydrogen (secondary N) is 1. The van der Waals surface area contributed by atoms with E-state index in [1.54, 1.807) is 29.5 Å². The van der Waals surface area contributed by atoms with Crippen LogP contribution in [0.3, 0.4) is 0 Å². The van der Waals surface area contributed by atoms with Gasteiger partial charge in [0.15, 0.2) is 0 Å². The van der Waals surface area contributed by atoms with Crippen LogP contribution in [0.1, 0.15) is 10.4 Å². The van der Waals surface area contributed by atoms with Crippen LogP contribution in [0.4, 0.5) is 0 Å². The van der Waals surface area contributed by atoms with Crippen molar-refractivity contribution in [3.05, 3.63) is 62.3 Å². The highest BCUT2D eigenvalue weighted by Crippen LogP contribution is 2.26. The molecule has 104 valence electrons. The minimum Gasteiger partial charge on any atom is -0.352 e. The van der Waals surface area contributed by atoms with Crippen LogP contribution < -0.4 is 5.32 Å². The molecular formula is C15H13Cl2NOS. The van der Waals surface area contributed by atoms with Gasteiger partial charge in [-0.3, -0.25) is 4.79 Å². The van der Waals surface area contributed by atoms with Crippen molar-refractivity contribution in [3.8, 4) is 0 Å². The molecule has 0 spiro atoms. The molecule has 0 saturated carbocycles. The molecule has 0 saturated heterocycles. The van der Waals surface area contributed by atoms with Crippen LogP contribution in [0.2, 0.25) is 10.0 Å². The van der Waals surface area contributed by atoms with Gasteiger partial charge >= 0.3 is 0 Å². The lowest BCUT2D eigenvalue weighted by Gasteiger charge is -2.02. The van der Waals surface area contributed by atoms with Crippen LogP contribution in [0.15, 0.2) is 41.8 Å². The fourth-order valence-corrected chi connectivity index (χ4v) is 2.72. The maximum atomic E-state index is 11.7. The van der Waals surface area contributed by atoms with Crippen molar-refractivity contribution in [2.24, 2.45) is 0 Å². The number of thiophene rings is 1. The van der Waals surface area contributed by atoms with Crippen molar-refractivity contribution in [3.63, 3.8) is 0 Å². The Morgan fingerprint density at radius 1 is 1.25 bits per heavy atom. The summed E-state index contributed by atoms with van der Waals surface area (Å²) >= 11 is 13.6. The van der Waals surface area contributed by atoms with Crippen molar-refractivity contribution in [2.75, 3.05) is 6.54 Å². The second-order valence-electron chi connectivity index (χ2n) is 4.10. The molecular weight excluding hydrogens is 313 g/mol. The summed E-state index contributed by atoms with van der Waals surface area (Å²) in [4.78, 5) is 12.9. The average molecular weight is 326 g/mol. The molecule has 0 aliphatic carbocycles. The molecule has 2 rings (SSSR count). The Morgan fingerprint density at radius 3 is 2.85 bits per heavy atom. The minimum absolute atomic E-state index is 0.141. The van der Waals surface area contributed by atoms with Crippen molar-refractivity contribution >= 4 is 46.5 Å². The van der Waals surface area contributed by atoms with Gasteiger partial charge in [-0.15, -0.1) is 11.3 Å². The topological polar surface area (TPSA) is 29.1 Å². The fraction of sp³-hybridized carbons (Fsp3) is 0.133. The van der Waals surface area contributed by atoms with Crippen molar-refractivity contribution in [1.29, 1.82) is 0 Å². The molecule has 2 nitrogen and oxygen atoms in total. The van der Waals surface area contributed by atoms with E-state index in [-0.39, 0.29) is 5.91 Å². The van der Waals surface area contributed by atoms with Gasteiger partial charge < -0.3 is 5.32 Å². The highest BCUT2D eigenvalue weighted by molar-refractivity contribution is 7.09. The molecule has 0 fully saturated rings. The van der Waals surface area contributed by atoms with Crippen LogP contribution in [0.5, 0.6) is 0 Å². The van der Waals surface area contributed by atoms with Crippen LogP contribution >= 0.6 is 34.5 Å². The van der Waals surface area contributed by atoms with E-state index in [1.807, 2.05) is 17.5 Å². The number of benzene rings is 1. The van der Waals surface area contributed by atoms with E-state index in [0.29, 0.717) is 16.6 Å². The molecule has 0 radical (unpaired) electrons. The van der Waals surface area contributed by atoms with Gasteiger partial charge in [-0.1, -0.05) is 41.4 Å². The third-order valence-corrected chi connectivity index (χ3v) is 4.42. The van der Waals surface area contributed by atoms with Gasteiger partial charge in [-0.2, -0.15) is 0 Å². The number of hydrogen-bond acceptors (Lipinski definition) is 2. The SMILES string of the molecule is O=C(/C=C/c1cccc(Cl)c1Cl)NCCc1cccs1. The summed E-state index contributed by atoms with van der Waals surface area (Å²) in [5, 5.41) is 5.79. The number of carbonyl (C=O) groups excluding carboxylic acids is 1. The van der Waals surface area contributed by atoms with E-state index in [9.17, 15) is 4.79 Å². The molecule has 20 heavy (non-hydrogen) atoms. The molecule has 1 amide bonds. The Hall–Kier alpha value is -1.29. The summed E-state index contributed by atoms with van der Waals surface area (Å²) in [5.74, 6) is -0.141. The Balaban J connectivity index is 1.84. The Kier molecular flexibility index (Phi) is 5.65. The first-order valence-electron chi connectivity index (χ1n) is 6.09. The molecule has 1 N–H and O–H groups in total. The van der Waals surface area contributed by atoms with Crippen molar-refractivity contribution in [1.82, 2.24) is 5.32 Å². The second kappa shape index (κ2) is 7.48. The highest BCUT2D eigenvalue weighted by atomic mass is 35.5.